The average Bonchev–Trinajstić information content (AvgIpc) is 2.36. The van der Waals surface area contributed by atoms with Gasteiger partial charge < -0.3 is 0 Å². The van der Waals surface area contributed by atoms with Crippen LogP contribution in [0.2, 0.25) is 0 Å². The molecule has 2 rings (SSSR count). The fraction of sp³-hybridized carbons (Fsp3) is 1.00. The second-order valence-corrected chi connectivity index (χ2v) is 7.28. The fourth-order valence-corrected chi connectivity index (χ4v) is 4.61. The third-order valence-electron chi connectivity index (χ3n) is 5.07. The molecule has 0 aromatic carbocycles. The van der Waals surface area contributed by atoms with Crippen molar-refractivity contribution in [3.8, 4) is 0 Å². The fourth-order valence-electron chi connectivity index (χ4n) is 4.61. The molecule has 0 aromatic heterocycles. The zero-order chi connectivity index (χ0) is 12.8. The Morgan fingerprint density at radius 1 is 1.24 bits per heavy atom. The first kappa shape index (κ1) is 13.4. The molecule has 0 amide bonds. The van der Waals surface area contributed by atoms with Gasteiger partial charge >= 0.3 is 0 Å². The predicted molar refractivity (Wildman–Crippen MR) is 71.6 cm³/mol. The first-order valence-corrected chi connectivity index (χ1v) is 7.21. The van der Waals surface area contributed by atoms with Gasteiger partial charge in [-0.1, -0.05) is 27.2 Å². The molecule has 1 heterocycles. The van der Waals surface area contributed by atoms with Gasteiger partial charge in [-0.25, -0.2) is 0 Å². The van der Waals surface area contributed by atoms with Crippen LogP contribution in [-0.2, 0) is 4.84 Å². The number of hydrogen-bond donors (Lipinski definition) is 0. The van der Waals surface area contributed by atoms with Gasteiger partial charge in [0.2, 0.25) is 0 Å². The normalized spacial score (nSPS) is 45.9. The van der Waals surface area contributed by atoms with Crippen molar-refractivity contribution in [3.05, 3.63) is 0 Å². The second kappa shape index (κ2) is 4.24. The number of rotatable bonds is 2. The highest BCUT2D eigenvalue weighted by Crippen LogP contribution is 2.53. The van der Waals surface area contributed by atoms with Crippen molar-refractivity contribution in [2.75, 3.05) is 7.05 Å². The van der Waals surface area contributed by atoms with E-state index in [1.807, 2.05) is 0 Å². The summed E-state index contributed by atoms with van der Waals surface area (Å²) in [7, 11) is 2.12. The lowest BCUT2D eigenvalue weighted by Gasteiger charge is -2.46. The molecule has 1 aliphatic heterocycles. The smallest absolute Gasteiger partial charge is 0.0887 e. The highest BCUT2D eigenvalue weighted by molar-refractivity contribution is 5.02. The molecule has 1 saturated heterocycles. The van der Waals surface area contributed by atoms with E-state index in [9.17, 15) is 0 Å². The van der Waals surface area contributed by atoms with Crippen LogP contribution in [0.15, 0.2) is 0 Å². The molecule has 4 unspecified atom stereocenters. The van der Waals surface area contributed by atoms with Crippen molar-refractivity contribution in [3.63, 3.8) is 0 Å². The van der Waals surface area contributed by atoms with Crippen LogP contribution in [0.1, 0.15) is 60.3 Å². The Hall–Kier alpha value is -0.0800. The Morgan fingerprint density at radius 3 is 2.47 bits per heavy atom. The van der Waals surface area contributed by atoms with Gasteiger partial charge in [-0.3, -0.25) is 4.84 Å². The molecule has 0 N–H and O–H groups in total. The van der Waals surface area contributed by atoms with Crippen LogP contribution < -0.4 is 0 Å². The van der Waals surface area contributed by atoms with Crippen molar-refractivity contribution >= 4 is 0 Å². The number of nitrogens with zero attached hydrogens (tertiary/aromatic N) is 1. The number of fused-ring (bicyclic) bond motifs is 1. The van der Waals surface area contributed by atoms with E-state index in [0.29, 0.717) is 17.4 Å². The first-order chi connectivity index (χ1) is 7.79. The molecule has 2 fully saturated rings. The molecule has 2 nitrogen and oxygen atoms in total. The monoisotopic (exact) mass is 239 g/mol. The Labute approximate surface area is 107 Å². The van der Waals surface area contributed by atoms with Gasteiger partial charge in [0.15, 0.2) is 0 Å². The highest BCUT2D eigenvalue weighted by Gasteiger charge is 2.54. The molecule has 0 aromatic rings. The van der Waals surface area contributed by atoms with Crippen LogP contribution >= 0.6 is 0 Å². The maximum atomic E-state index is 6.07. The summed E-state index contributed by atoms with van der Waals surface area (Å²) in [4.78, 5) is 6.07. The first-order valence-electron chi connectivity index (χ1n) is 7.21. The Morgan fingerprint density at radius 2 is 1.88 bits per heavy atom. The van der Waals surface area contributed by atoms with Crippen molar-refractivity contribution in [1.29, 1.82) is 0 Å². The Bertz CT molecular complexity index is 289. The molecular weight excluding hydrogens is 210 g/mol. The second-order valence-electron chi connectivity index (χ2n) is 7.28. The van der Waals surface area contributed by atoms with Crippen molar-refractivity contribution in [2.24, 2.45) is 17.3 Å². The zero-order valence-corrected chi connectivity index (χ0v) is 12.4. The van der Waals surface area contributed by atoms with Gasteiger partial charge in [-0.2, -0.15) is 5.06 Å². The van der Waals surface area contributed by atoms with Crippen LogP contribution in [-0.4, -0.2) is 23.8 Å². The lowest BCUT2D eigenvalue weighted by molar-refractivity contribution is -0.182. The molecule has 1 aliphatic carbocycles. The number of hydrogen-bond acceptors (Lipinski definition) is 2. The molecule has 0 radical (unpaired) electrons. The molecule has 1 saturated carbocycles. The topological polar surface area (TPSA) is 12.5 Å². The third-order valence-corrected chi connectivity index (χ3v) is 5.07. The van der Waals surface area contributed by atoms with E-state index in [2.05, 4.69) is 46.7 Å². The summed E-state index contributed by atoms with van der Waals surface area (Å²) < 4.78 is 0. The van der Waals surface area contributed by atoms with Crippen LogP contribution in [0, 0.1) is 17.3 Å². The van der Waals surface area contributed by atoms with E-state index < -0.39 is 0 Å². The van der Waals surface area contributed by atoms with E-state index in [1.165, 1.54) is 25.7 Å². The maximum absolute atomic E-state index is 6.07. The van der Waals surface area contributed by atoms with Crippen LogP contribution in [0.25, 0.3) is 0 Å². The molecule has 100 valence electrons. The SMILES string of the molecule is CCCC1(C)CC(C)C2C(C1)C(C)(C)ON2C. The van der Waals surface area contributed by atoms with E-state index in [4.69, 9.17) is 4.84 Å². The largest absolute Gasteiger partial charge is 0.293 e. The summed E-state index contributed by atoms with van der Waals surface area (Å²) in [5.41, 5.74) is 0.546. The molecule has 0 spiro atoms. The summed E-state index contributed by atoms with van der Waals surface area (Å²) in [6.07, 6.45) is 5.34. The number of hydroxylamine groups is 2. The van der Waals surface area contributed by atoms with E-state index in [-0.39, 0.29) is 5.60 Å². The highest BCUT2D eigenvalue weighted by atomic mass is 16.7. The zero-order valence-electron chi connectivity index (χ0n) is 12.4. The summed E-state index contributed by atoms with van der Waals surface area (Å²) in [6, 6.07) is 0.620. The van der Waals surface area contributed by atoms with Gasteiger partial charge in [-0.05, 0) is 44.4 Å². The molecule has 4 atom stereocenters. The molecule has 2 heteroatoms. The quantitative estimate of drug-likeness (QED) is 0.725. The van der Waals surface area contributed by atoms with Crippen molar-refractivity contribution in [1.82, 2.24) is 5.06 Å². The van der Waals surface area contributed by atoms with E-state index in [0.717, 1.165) is 5.92 Å². The molecule has 2 aliphatic rings. The summed E-state index contributed by atoms with van der Waals surface area (Å²) in [5, 5.41) is 2.14. The third kappa shape index (κ3) is 2.26. The van der Waals surface area contributed by atoms with Gasteiger partial charge in [0.05, 0.1) is 5.60 Å². The van der Waals surface area contributed by atoms with Crippen molar-refractivity contribution in [2.45, 2.75) is 71.9 Å². The van der Waals surface area contributed by atoms with E-state index >= 15 is 0 Å². The minimum absolute atomic E-state index is 0.0170. The van der Waals surface area contributed by atoms with Gasteiger partial charge in [0.1, 0.15) is 0 Å². The van der Waals surface area contributed by atoms with Gasteiger partial charge in [0.25, 0.3) is 0 Å². The Balaban J connectivity index is 2.22. The molecular formula is C15H29NO. The van der Waals surface area contributed by atoms with Crippen LogP contribution in [0.5, 0.6) is 0 Å². The lowest BCUT2D eigenvalue weighted by atomic mass is 9.60. The Kier molecular flexibility index (Phi) is 3.33. The van der Waals surface area contributed by atoms with Crippen molar-refractivity contribution < 1.29 is 4.84 Å². The minimum Gasteiger partial charge on any atom is -0.293 e. The van der Waals surface area contributed by atoms with Crippen LogP contribution in [0.4, 0.5) is 0 Å². The van der Waals surface area contributed by atoms with Gasteiger partial charge in [0, 0.05) is 19.0 Å². The molecule has 17 heavy (non-hydrogen) atoms. The standard InChI is InChI=1S/C15H29NO/c1-7-8-15(5)9-11(2)13-12(10-15)14(3,4)17-16(13)6/h11-13H,7-10H2,1-6H3. The minimum atomic E-state index is 0.0170. The van der Waals surface area contributed by atoms with Crippen LogP contribution in [0.3, 0.4) is 0 Å². The summed E-state index contributed by atoms with van der Waals surface area (Å²) in [5.74, 6) is 1.44. The molecule has 0 bridgehead atoms. The van der Waals surface area contributed by atoms with E-state index in [1.54, 1.807) is 0 Å². The average molecular weight is 239 g/mol. The van der Waals surface area contributed by atoms with Gasteiger partial charge in [-0.15, -0.1) is 0 Å². The summed E-state index contributed by atoms with van der Waals surface area (Å²) >= 11 is 0. The summed E-state index contributed by atoms with van der Waals surface area (Å²) in [6.45, 7) is 11.7. The lowest BCUT2D eigenvalue weighted by Crippen LogP contribution is -2.46. The maximum Gasteiger partial charge on any atom is 0.0887 e. The predicted octanol–water partition coefficient (Wildman–Crippen LogP) is 3.86.